The van der Waals surface area contributed by atoms with Crippen molar-refractivity contribution in [2.45, 2.75) is 0 Å². The van der Waals surface area contributed by atoms with Gasteiger partial charge in [0.1, 0.15) is 22.4 Å². The molecule has 0 spiro atoms. The second-order valence-corrected chi connectivity index (χ2v) is 10.5. The normalized spacial score (nSPS) is 11.3. The first kappa shape index (κ1) is 26.8. The molecule has 0 fully saturated rings. The number of thiazole rings is 1. The third-order valence-corrected chi connectivity index (χ3v) is 7.84. The number of anilines is 3. The highest BCUT2D eigenvalue weighted by molar-refractivity contribution is 8.04. The fraction of sp³-hybridized carbons (Fsp3) is 0.0645. The van der Waals surface area contributed by atoms with Gasteiger partial charge in [0.25, 0.3) is 0 Å². The third-order valence-electron chi connectivity index (χ3n) is 5.79. The van der Waals surface area contributed by atoms with Gasteiger partial charge in [-0.05, 0) is 48.5 Å². The Bertz CT molecular complexity index is 1610. The number of thioether (sulfide) groups is 1. The molecule has 0 aliphatic rings. The van der Waals surface area contributed by atoms with Gasteiger partial charge in [0.05, 0.1) is 39.5 Å². The Kier molecular flexibility index (Phi) is 8.61. The smallest absolute Gasteiger partial charge is 0.249 e. The monoisotopic (exact) mass is 563 g/mol. The Labute approximate surface area is 240 Å². The molecule has 0 atom stereocenters. The first-order valence-electron chi connectivity index (χ1n) is 12.4. The van der Waals surface area contributed by atoms with Crippen LogP contribution in [0.15, 0.2) is 114 Å². The number of nitriles is 1. The number of methoxy groups -OCH3 is 1. The third kappa shape index (κ3) is 6.43. The zero-order chi connectivity index (χ0) is 27.7. The number of carbonyl (C=O) groups is 1. The number of rotatable bonds is 10. The number of benzene rings is 4. The molecule has 1 aromatic heterocycles. The van der Waals surface area contributed by atoms with Crippen LogP contribution in [0.1, 0.15) is 5.01 Å². The van der Waals surface area contributed by atoms with Gasteiger partial charge in [-0.15, -0.1) is 11.3 Å². The van der Waals surface area contributed by atoms with Gasteiger partial charge in [-0.25, -0.2) is 4.98 Å². The lowest BCUT2D eigenvalue weighted by Crippen LogP contribution is -2.40. The summed E-state index contributed by atoms with van der Waals surface area (Å²) in [4.78, 5) is 18.0. The van der Waals surface area contributed by atoms with Crippen molar-refractivity contribution >= 4 is 61.9 Å². The molecular weight excluding hydrogens is 539 g/mol. The Hall–Kier alpha value is -4.78. The summed E-state index contributed by atoms with van der Waals surface area (Å²) in [7, 11) is 1.60. The maximum Gasteiger partial charge on any atom is 0.249 e. The summed E-state index contributed by atoms with van der Waals surface area (Å²) in [6.07, 6.45) is 0. The van der Waals surface area contributed by atoms with E-state index in [-0.39, 0.29) is 11.7 Å². The van der Waals surface area contributed by atoms with Crippen molar-refractivity contribution in [2.24, 2.45) is 0 Å². The summed E-state index contributed by atoms with van der Waals surface area (Å²) in [6, 6.07) is 36.7. The molecule has 1 heterocycles. The van der Waals surface area contributed by atoms with Crippen LogP contribution in [-0.2, 0) is 4.79 Å². The van der Waals surface area contributed by atoms with Crippen molar-refractivity contribution in [1.82, 2.24) is 10.4 Å². The van der Waals surface area contributed by atoms with Crippen molar-refractivity contribution in [1.29, 1.82) is 5.26 Å². The number of nitrogens with one attached hydrogen (secondary N) is 2. The van der Waals surface area contributed by atoms with Crippen molar-refractivity contribution < 1.29 is 9.53 Å². The van der Waals surface area contributed by atoms with E-state index in [9.17, 15) is 10.1 Å². The van der Waals surface area contributed by atoms with Crippen LogP contribution < -0.4 is 20.5 Å². The van der Waals surface area contributed by atoms with Gasteiger partial charge in [0, 0.05) is 11.8 Å². The molecule has 0 unspecified atom stereocenters. The highest BCUT2D eigenvalue weighted by Gasteiger charge is 2.19. The van der Waals surface area contributed by atoms with E-state index >= 15 is 0 Å². The molecule has 7 nitrogen and oxygen atoms in total. The van der Waals surface area contributed by atoms with Crippen LogP contribution in [-0.4, -0.2) is 23.8 Å². The molecule has 9 heteroatoms. The molecule has 0 bridgehead atoms. The van der Waals surface area contributed by atoms with Crippen molar-refractivity contribution in [2.75, 3.05) is 23.2 Å². The number of aromatic nitrogens is 1. The van der Waals surface area contributed by atoms with E-state index in [4.69, 9.17) is 4.74 Å². The molecule has 5 rings (SSSR count). The predicted octanol–water partition coefficient (Wildman–Crippen LogP) is 7.21. The number of para-hydroxylation sites is 3. The molecule has 0 aliphatic heterocycles. The molecule has 0 radical (unpaired) electrons. The second kappa shape index (κ2) is 12.8. The van der Waals surface area contributed by atoms with Crippen LogP contribution in [0.25, 0.3) is 15.8 Å². The Balaban J connectivity index is 1.43. The summed E-state index contributed by atoms with van der Waals surface area (Å²) in [5, 5.41) is 16.4. The molecular formula is C31H25N5O2S2. The molecule has 0 aliphatic carbocycles. The maximum atomic E-state index is 13.3. The number of hydrazine groups is 1. The van der Waals surface area contributed by atoms with Crippen LogP contribution in [0.3, 0.4) is 0 Å². The number of fused-ring (bicyclic) bond motifs is 1. The highest BCUT2D eigenvalue weighted by Crippen LogP contribution is 2.34. The average molecular weight is 564 g/mol. The number of amides is 1. The summed E-state index contributed by atoms with van der Waals surface area (Å²) in [6.45, 7) is 0. The lowest BCUT2D eigenvalue weighted by molar-refractivity contribution is -0.118. The van der Waals surface area contributed by atoms with Crippen LogP contribution in [0, 0.1) is 11.3 Å². The SMILES string of the molecule is COc1cccc(NC(SCC(=O)NN(c2ccccc2)c2ccccc2)=C(C#N)c2nc3ccccc3s2)c1. The van der Waals surface area contributed by atoms with Crippen LogP contribution in [0.5, 0.6) is 5.75 Å². The topological polar surface area (TPSA) is 90.3 Å². The van der Waals surface area contributed by atoms with Gasteiger partial charge >= 0.3 is 0 Å². The average Bonchev–Trinajstić information content (AvgIpc) is 3.44. The molecule has 198 valence electrons. The summed E-state index contributed by atoms with van der Waals surface area (Å²) in [5.74, 6) is 0.495. The number of hydrogen-bond donors (Lipinski definition) is 2. The van der Waals surface area contributed by atoms with Crippen molar-refractivity contribution in [3.8, 4) is 11.8 Å². The first-order chi connectivity index (χ1) is 19.6. The van der Waals surface area contributed by atoms with Crippen LogP contribution in [0.4, 0.5) is 17.1 Å². The lowest BCUT2D eigenvalue weighted by Gasteiger charge is -2.25. The number of ether oxygens (including phenoxy) is 1. The highest BCUT2D eigenvalue weighted by atomic mass is 32.2. The van der Waals surface area contributed by atoms with Crippen molar-refractivity contribution in [3.05, 3.63) is 119 Å². The van der Waals surface area contributed by atoms with Gasteiger partial charge in [0.15, 0.2) is 0 Å². The fourth-order valence-corrected chi connectivity index (χ4v) is 5.75. The minimum absolute atomic E-state index is 0.0541. The quantitative estimate of drug-likeness (QED) is 0.137. The Morgan fingerprint density at radius 2 is 1.62 bits per heavy atom. The van der Waals surface area contributed by atoms with Gasteiger partial charge in [-0.3, -0.25) is 15.2 Å². The van der Waals surface area contributed by atoms with E-state index in [1.165, 1.54) is 23.1 Å². The minimum Gasteiger partial charge on any atom is -0.497 e. The number of nitrogens with zero attached hydrogens (tertiary/aromatic N) is 3. The van der Waals surface area contributed by atoms with Gasteiger partial charge < -0.3 is 10.1 Å². The summed E-state index contributed by atoms with van der Waals surface area (Å²) in [5.41, 5.74) is 6.57. The maximum absolute atomic E-state index is 13.3. The standard InChI is InChI=1S/C31H25N5O2S2/c1-38-25-16-10-11-22(19-25)33-30(26(20-32)31-34-27-17-8-9-18-28(27)40-31)39-21-29(37)35-36(23-12-4-2-5-13-23)24-14-6-3-7-15-24/h2-19,33H,21H2,1H3,(H,35,37). The zero-order valence-corrected chi connectivity index (χ0v) is 23.2. The first-order valence-corrected chi connectivity index (χ1v) is 14.2. The van der Waals surface area contributed by atoms with E-state index in [0.29, 0.717) is 21.4 Å². The number of hydrogen-bond acceptors (Lipinski definition) is 8. The largest absolute Gasteiger partial charge is 0.497 e. The van der Waals surface area contributed by atoms with Gasteiger partial charge in [-0.1, -0.05) is 66.4 Å². The van der Waals surface area contributed by atoms with Crippen molar-refractivity contribution in [3.63, 3.8) is 0 Å². The van der Waals surface area contributed by atoms with E-state index in [1.54, 1.807) is 12.1 Å². The fourth-order valence-electron chi connectivity index (χ4n) is 3.90. The minimum atomic E-state index is -0.232. The van der Waals surface area contributed by atoms with Gasteiger partial charge in [0.2, 0.25) is 5.91 Å². The second-order valence-electron chi connectivity index (χ2n) is 8.49. The van der Waals surface area contributed by atoms with E-state index in [0.717, 1.165) is 27.3 Å². The Morgan fingerprint density at radius 3 is 2.27 bits per heavy atom. The van der Waals surface area contributed by atoms with E-state index < -0.39 is 0 Å². The summed E-state index contributed by atoms with van der Waals surface area (Å²) >= 11 is 2.68. The molecule has 1 amide bonds. The zero-order valence-electron chi connectivity index (χ0n) is 21.6. The molecule has 4 aromatic carbocycles. The summed E-state index contributed by atoms with van der Waals surface area (Å²) < 4.78 is 6.35. The number of carbonyl (C=O) groups excluding carboxylic acids is 1. The number of allylic oxidation sites excluding steroid dienone is 1. The molecule has 40 heavy (non-hydrogen) atoms. The molecule has 0 saturated heterocycles. The molecule has 2 N–H and O–H groups in total. The Morgan fingerprint density at radius 1 is 0.950 bits per heavy atom. The predicted molar refractivity (Wildman–Crippen MR) is 164 cm³/mol. The van der Waals surface area contributed by atoms with E-state index in [1.807, 2.05) is 109 Å². The molecule has 5 aromatic rings. The van der Waals surface area contributed by atoms with Gasteiger partial charge in [-0.2, -0.15) is 5.26 Å². The molecule has 0 saturated carbocycles. The van der Waals surface area contributed by atoms with Crippen LogP contribution in [0.2, 0.25) is 0 Å². The lowest BCUT2D eigenvalue weighted by atomic mass is 10.2. The van der Waals surface area contributed by atoms with Crippen LogP contribution >= 0.6 is 23.1 Å². The van der Waals surface area contributed by atoms with E-state index in [2.05, 4.69) is 21.8 Å².